The number of halogens is 1. The van der Waals surface area contributed by atoms with E-state index >= 15 is 0 Å². The third-order valence-corrected chi connectivity index (χ3v) is 3.84. The van der Waals surface area contributed by atoms with Crippen molar-refractivity contribution in [2.45, 2.75) is 10.8 Å². The Hall–Kier alpha value is -1.28. The van der Waals surface area contributed by atoms with Crippen molar-refractivity contribution >= 4 is 27.7 Å². The summed E-state index contributed by atoms with van der Waals surface area (Å²) in [6.45, 7) is -0.104. The summed E-state index contributed by atoms with van der Waals surface area (Å²) in [5.41, 5.74) is 2.15. The summed E-state index contributed by atoms with van der Waals surface area (Å²) in [7, 11) is 0. The molecule has 2 aromatic rings. The van der Waals surface area contributed by atoms with Crippen LogP contribution >= 0.6 is 27.7 Å². The van der Waals surface area contributed by atoms with Crippen LogP contribution in [0.1, 0.15) is 11.1 Å². The molecule has 1 aromatic carbocycles. The van der Waals surface area contributed by atoms with Gasteiger partial charge in [-0.1, -0.05) is 24.0 Å². The van der Waals surface area contributed by atoms with Crippen LogP contribution in [0.15, 0.2) is 52.1 Å². The van der Waals surface area contributed by atoms with Crippen LogP contribution in [0.25, 0.3) is 0 Å². The van der Waals surface area contributed by atoms with E-state index in [-0.39, 0.29) is 6.61 Å². The summed E-state index contributed by atoms with van der Waals surface area (Å²) in [5, 5.41) is 9.63. The maximum atomic E-state index is 8.62. The molecule has 1 heterocycles. The highest BCUT2D eigenvalue weighted by Crippen LogP contribution is 2.22. The molecular weight excluding hydrogens is 322 g/mol. The molecule has 0 spiro atoms. The van der Waals surface area contributed by atoms with E-state index in [0.717, 1.165) is 20.8 Å². The lowest BCUT2D eigenvalue weighted by atomic mass is 10.1. The molecule has 0 aliphatic carbocycles. The fraction of sp³-hybridized carbons (Fsp3) is 0.133. The van der Waals surface area contributed by atoms with Crippen molar-refractivity contribution in [2.75, 3.05) is 6.61 Å². The Kier molecular flexibility index (Phi) is 5.46. The van der Waals surface area contributed by atoms with E-state index in [1.54, 1.807) is 18.0 Å². The zero-order valence-corrected chi connectivity index (χ0v) is 12.5. The highest BCUT2D eigenvalue weighted by atomic mass is 79.9. The summed E-state index contributed by atoms with van der Waals surface area (Å²) in [5.74, 6) is 6.39. The van der Waals surface area contributed by atoms with E-state index < -0.39 is 0 Å². The van der Waals surface area contributed by atoms with Crippen molar-refractivity contribution in [3.63, 3.8) is 0 Å². The topological polar surface area (TPSA) is 33.1 Å². The van der Waals surface area contributed by atoms with Gasteiger partial charge in [-0.05, 0) is 45.8 Å². The minimum Gasteiger partial charge on any atom is -0.384 e. The minimum absolute atomic E-state index is 0.104. The lowest BCUT2D eigenvalue weighted by Crippen LogP contribution is -1.84. The number of benzene rings is 1. The Morgan fingerprint density at radius 3 is 2.58 bits per heavy atom. The number of pyridine rings is 1. The number of nitrogens with zero attached hydrogens (tertiary/aromatic N) is 1. The molecule has 0 saturated carbocycles. The summed E-state index contributed by atoms with van der Waals surface area (Å²) in [6, 6.07) is 12.0. The molecule has 0 fully saturated rings. The molecule has 1 N–H and O–H groups in total. The molecule has 19 heavy (non-hydrogen) atoms. The van der Waals surface area contributed by atoms with Crippen molar-refractivity contribution in [1.82, 2.24) is 4.98 Å². The van der Waals surface area contributed by atoms with Gasteiger partial charge in [0.15, 0.2) is 0 Å². The second-order valence-electron chi connectivity index (χ2n) is 3.76. The molecule has 1 aromatic heterocycles. The van der Waals surface area contributed by atoms with Gasteiger partial charge in [0.05, 0.1) is 5.03 Å². The number of aliphatic hydroxyl groups excluding tert-OH is 1. The number of rotatable bonds is 3. The molecule has 2 nitrogen and oxygen atoms in total. The van der Waals surface area contributed by atoms with Crippen LogP contribution in [0.3, 0.4) is 0 Å². The number of aliphatic hydroxyl groups is 1. The third-order valence-electron chi connectivity index (χ3n) is 2.35. The van der Waals surface area contributed by atoms with Gasteiger partial charge in [0.25, 0.3) is 0 Å². The maximum Gasteiger partial charge on any atom is 0.104 e. The van der Waals surface area contributed by atoms with E-state index in [1.807, 2.05) is 36.4 Å². The first kappa shape index (κ1) is 14.1. The Labute approximate surface area is 125 Å². The molecule has 0 saturated heterocycles. The first-order chi connectivity index (χ1) is 9.28. The van der Waals surface area contributed by atoms with E-state index in [0.29, 0.717) is 0 Å². The summed E-state index contributed by atoms with van der Waals surface area (Å²) in [4.78, 5) is 4.32. The van der Waals surface area contributed by atoms with Crippen LogP contribution in [0.2, 0.25) is 0 Å². The van der Waals surface area contributed by atoms with Crippen LogP contribution in [-0.4, -0.2) is 16.7 Å². The van der Waals surface area contributed by atoms with Gasteiger partial charge in [-0.15, -0.1) is 11.8 Å². The Morgan fingerprint density at radius 2 is 1.95 bits per heavy atom. The van der Waals surface area contributed by atoms with E-state index in [9.17, 15) is 0 Å². The van der Waals surface area contributed by atoms with Crippen molar-refractivity contribution in [1.29, 1.82) is 0 Å². The van der Waals surface area contributed by atoms with Gasteiger partial charge in [-0.2, -0.15) is 0 Å². The largest absolute Gasteiger partial charge is 0.384 e. The number of hydrogen-bond donors (Lipinski definition) is 1. The fourth-order valence-electron chi connectivity index (χ4n) is 1.43. The average molecular weight is 334 g/mol. The molecule has 96 valence electrons. The summed E-state index contributed by atoms with van der Waals surface area (Å²) < 4.78 is 0.990. The molecule has 0 atom stereocenters. The van der Waals surface area contributed by atoms with Crippen LogP contribution in [0.5, 0.6) is 0 Å². The monoisotopic (exact) mass is 333 g/mol. The quantitative estimate of drug-likeness (QED) is 0.689. The van der Waals surface area contributed by atoms with Gasteiger partial charge < -0.3 is 5.11 Å². The SMILES string of the molecule is OCC#Cc1ccc(CSc2ccc(Br)cn2)cc1. The van der Waals surface area contributed by atoms with Gasteiger partial charge >= 0.3 is 0 Å². The second kappa shape index (κ2) is 7.34. The Morgan fingerprint density at radius 1 is 1.16 bits per heavy atom. The second-order valence-corrected chi connectivity index (χ2v) is 5.67. The average Bonchev–Trinajstić information content (AvgIpc) is 2.46. The number of thioether (sulfide) groups is 1. The molecular formula is C15H12BrNOS. The van der Waals surface area contributed by atoms with Crippen LogP contribution < -0.4 is 0 Å². The molecule has 0 bridgehead atoms. The fourth-order valence-corrected chi connectivity index (χ4v) is 2.46. The van der Waals surface area contributed by atoms with E-state index in [4.69, 9.17) is 5.11 Å². The van der Waals surface area contributed by atoms with Gasteiger partial charge in [0.2, 0.25) is 0 Å². The third kappa shape index (κ3) is 4.71. The Bertz CT molecular complexity index is 584. The normalized spacial score (nSPS) is 9.79. The van der Waals surface area contributed by atoms with Crippen LogP contribution in [0.4, 0.5) is 0 Å². The lowest BCUT2D eigenvalue weighted by molar-refractivity contribution is 0.350. The van der Waals surface area contributed by atoms with Crippen LogP contribution in [0, 0.1) is 11.8 Å². The van der Waals surface area contributed by atoms with Gasteiger partial charge in [-0.3, -0.25) is 0 Å². The predicted octanol–water partition coefficient (Wildman–Crippen LogP) is 3.48. The van der Waals surface area contributed by atoms with Crippen molar-refractivity contribution in [3.05, 3.63) is 58.2 Å². The smallest absolute Gasteiger partial charge is 0.104 e. The highest BCUT2D eigenvalue weighted by molar-refractivity contribution is 9.10. The van der Waals surface area contributed by atoms with Crippen molar-refractivity contribution in [3.8, 4) is 11.8 Å². The number of hydrogen-bond acceptors (Lipinski definition) is 3. The minimum atomic E-state index is -0.104. The standard InChI is InChI=1S/C15H12BrNOS/c16-14-7-8-15(17-10-14)19-11-13-5-3-12(4-6-13)2-1-9-18/h3-8,10,18H,9,11H2. The molecule has 0 aliphatic rings. The van der Waals surface area contributed by atoms with Crippen molar-refractivity contribution in [2.24, 2.45) is 0 Å². The van der Waals surface area contributed by atoms with E-state index in [2.05, 4.69) is 32.8 Å². The first-order valence-electron chi connectivity index (χ1n) is 5.71. The molecule has 0 aliphatic heterocycles. The molecule has 2 rings (SSSR count). The zero-order valence-electron chi connectivity index (χ0n) is 10.1. The summed E-state index contributed by atoms with van der Waals surface area (Å²) in [6.07, 6.45) is 1.80. The highest BCUT2D eigenvalue weighted by Gasteiger charge is 1.98. The zero-order chi connectivity index (χ0) is 13.5. The van der Waals surface area contributed by atoms with Crippen molar-refractivity contribution < 1.29 is 5.11 Å². The maximum absolute atomic E-state index is 8.62. The molecule has 0 radical (unpaired) electrons. The van der Waals surface area contributed by atoms with E-state index in [1.165, 1.54) is 5.56 Å². The van der Waals surface area contributed by atoms with Crippen LogP contribution in [-0.2, 0) is 5.75 Å². The summed E-state index contributed by atoms with van der Waals surface area (Å²) >= 11 is 5.07. The lowest BCUT2D eigenvalue weighted by Gasteiger charge is -2.01. The predicted molar refractivity (Wildman–Crippen MR) is 81.9 cm³/mol. The molecule has 0 unspecified atom stereocenters. The molecule has 0 amide bonds. The van der Waals surface area contributed by atoms with Gasteiger partial charge in [0, 0.05) is 22.0 Å². The molecule has 4 heteroatoms. The van der Waals surface area contributed by atoms with Gasteiger partial charge in [0.1, 0.15) is 6.61 Å². The number of aromatic nitrogens is 1. The van der Waals surface area contributed by atoms with Gasteiger partial charge in [-0.25, -0.2) is 4.98 Å². The Balaban J connectivity index is 1.94. The first-order valence-corrected chi connectivity index (χ1v) is 7.49.